The highest BCUT2D eigenvalue weighted by atomic mass is 32.2. The Morgan fingerprint density at radius 2 is 1.83 bits per heavy atom. The predicted octanol–water partition coefficient (Wildman–Crippen LogP) is 4.72. The molecule has 0 aliphatic rings. The standard InChI is InChI=1S/C26H27F3N2O4S/c1-16(15-35-3)31-14-22(25(33)30-13-18-8-10-21(11-9-18)36(4)34)24(32)23(17(31)2)19-6-5-7-20(12-19)26(27,28)29/h5-12,14,16H,13,15H2,1-4H3,(H,30,33). The number of aromatic nitrogens is 1. The van der Waals surface area contributed by atoms with Gasteiger partial charge in [-0.3, -0.25) is 13.8 Å². The summed E-state index contributed by atoms with van der Waals surface area (Å²) in [5.41, 5.74) is -0.500. The van der Waals surface area contributed by atoms with Crippen LogP contribution in [0, 0.1) is 6.92 Å². The van der Waals surface area contributed by atoms with Crippen molar-refractivity contribution in [1.82, 2.24) is 9.88 Å². The zero-order valence-corrected chi connectivity index (χ0v) is 21.1. The fourth-order valence-electron chi connectivity index (χ4n) is 3.93. The number of hydrogen-bond acceptors (Lipinski definition) is 4. The molecule has 0 radical (unpaired) electrons. The summed E-state index contributed by atoms with van der Waals surface area (Å²) in [5, 5.41) is 2.70. The van der Waals surface area contributed by atoms with Crippen LogP contribution in [0.15, 0.2) is 64.4 Å². The Labute approximate surface area is 209 Å². The maximum absolute atomic E-state index is 13.4. The van der Waals surface area contributed by atoms with Crippen LogP contribution >= 0.6 is 0 Å². The molecule has 0 bridgehead atoms. The zero-order valence-electron chi connectivity index (χ0n) is 20.3. The summed E-state index contributed by atoms with van der Waals surface area (Å²) >= 11 is 0. The minimum atomic E-state index is -4.58. The molecule has 0 spiro atoms. The fraction of sp³-hybridized carbons (Fsp3) is 0.308. The van der Waals surface area contributed by atoms with E-state index in [1.807, 2.05) is 6.92 Å². The number of nitrogens with one attached hydrogen (secondary N) is 1. The van der Waals surface area contributed by atoms with Crippen molar-refractivity contribution in [3.63, 3.8) is 0 Å². The maximum atomic E-state index is 13.4. The molecule has 10 heteroatoms. The van der Waals surface area contributed by atoms with Crippen molar-refractivity contribution in [2.75, 3.05) is 20.0 Å². The predicted molar refractivity (Wildman–Crippen MR) is 132 cm³/mol. The Morgan fingerprint density at radius 1 is 1.17 bits per heavy atom. The quantitative estimate of drug-likeness (QED) is 0.467. The Bertz CT molecular complexity index is 1330. The number of nitrogens with zero attached hydrogens (tertiary/aromatic N) is 1. The Morgan fingerprint density at radius 3 is 2.42 bits per heavy atom. The molecule has 2 atom stereocenters. The van der Waals surface area contributed by atoms with Gasteiger partial charge < -0.3 is 14.6 Å². The van der Waals surface area contributed by atoms with Gasteiger partial charge in [-0.05, 0) is 49.2 Å². The van der Waals surface area contributed by atoms with Crippen LogP contribution < -0.4 is 10.7 Å². The summed E-state index contributed by atoms with van der Waals surface area (Å²) in [5.74, 6) is -0.658. The highest BCUT2D eigenvalue weighted by Gasteiger charge is 2.31. The molecule has 0 aliphatic heterocycles. The molecule has 2 aromatic carbocycles. The molecule has 192 valence electrons. The number of benzene rings is 2. The number of carbonyl (C=O) groups excluding carboxylic acids is 1. The summed E-state index contributed by atoms with van der Waals surface area (Å²) in [6, 6.07) is 11.0. The van der Waals surface area contributed by atoms with E-state index in [0.717, 1.165) is 17.7 Å². The Kier molecular flexibility index (Phi) is 8.52. The maximum Gasteiger partial charge on any atom is 0.416 e. The van der Waals surface area contributed by atoms with E-state index in [1.165, 1.54) is 25.4 Å². The van der Waals surface area contributed by atoms with Crippen LogP contribution in [0.5, 0.6) is 0 Å². The van der Waals surface area contributed by atoms with Crippen molar-refractivity contribution in [3.8, 4) is 11.1 Å². The van der Waals surface area contributed by atoms with Gasteiger partial charge in [0.25, 0.3) is 5.91 Å². The van der Waals surface area contributed by atoms with E-state index in [0.29, 0.717) is 10.6 Å². The average Bonchev–Trinajstić information content (AvgIpc) is 2.82. The molecular formula is C26H27F3N2O4S. The summed E-state index contributed by atoms with van der Waals surface area (Å²) in [4.78, 5) is 27.2. The van der Waals surface area contributed by atoms with E-state index in [9.17, 15) is 27.0 Å². The van der Waals surface area contributed by atoms with Crippen LogP contribution in [-0.2, 0) is 28.3 Å². The van der Waals surface area contributed by atoms with Crippen LogP contribution in [0.4, 0.5) is 13.2 Å². The van der Waals surface area contributed by atoms with Gasteiger partial charge in [-0.2, -0.15) is 13.2 Å². The smallest absolute Gasteiger partial charge is 0.383 e. The first kappa shape index (κ1) is 27.3. The van der Waals surface area contributed by atoms with Gasteiger partial charge in [0, 0.05) is 53.1 Å². The summed E-state index contributed by atoms with van der Waals surface area (Å²) < 4.78 is 58.5. The minimum absolute atomic E-state index is 0.0199. The SMILES string of the molecule is COCC(C)n1cc(C(=O)NCc2ccc(S(C)=O)cc2)c(=O)c(-c2cccc(C(F)(F)F)c2)c1C. The van der Waals surface area contributed by atoms with E-state index in [1.54, 1.807) is 42.0 Å². The number of amides is 1. The molecule has 0 saturated heterocycles. The summed E-state index contributed by atoms with van der Waals surface area (Å²) in [7, 11) is 0.374. The van der Waals surface area contributed by atoms with Crippen molar-refractivity contribution < 1.29 is 26.9 Å². The van der Waals surface area contributed by atoms with Gasteiger partial charge in [0.15, 0.2) is 0 Å². The van der Waals surface area contributed by atoms with Crippen molar-refractivity contribution in [2.45, 2.75) is 37.5 Å². The van der Waals surface area contributed by atoms with Crippen LogP contribution in [0.25, 0.3) is 11.1 Å². The molecule has 1 N–H and O–H groups in total. The van der Waals surface area contributed by atoms with E-state index in [2.05, 4.69) is 5.32 Å². The third-order valence-corrected chi connectivity index (χ3v) is 6.74. The second-order valence-corrected chi connectivity index (χ2v) is 9.78. The first-order chi connectivity index (χ1) is 16.9. The third-order valence-electron chi connectivity index (χ3n) is 5.80. The highest BCUT2D eigenvalue weighted by molar-refractivity contribution is 7.84. The van der Waals surface area contributed by atoms with E-state index >= 15 is 0 Å². The molecule has 1 heterocycles. The molecule has 3 aromatic rings. The third kappa shape index (κ3) is 6.11. The molecular weight excluding hydrogens is 493 g/mol. The number of halogens is 3. The van der Waals surface area contributed by atoms with Gasteiger partial charge in [-0.25, -0.2) is 0 Å². The van der Waals surface area contributed by atoms with Crippen LogP contribution in [0.1, 0.15) is 40.1 Å². The van der Waals surface area contributed by atoms with Gasteiger partial charge in [0.2, 0.25) is 5.43 Å². The fourth-order valence-corrected chi connectivity index (χ4v) is 4.45. The van der Waals surface area contributed by atoms with Crippen LogP contribution in [-0.4, -0.2) is 34.7 Å². The molecule has 6 nitrogen and oxygen atoms in total. The van der Waals surface area contributed by atoms with Crippen LogP contribution in [0.2, 0.25) is 0 Å². The van der Waals surface area contributed by atoms with Crippen molar-refractivity contribution in [1.29, 1.82) is 0 Å². The monoisotopic (exact) mass is 520 g/mol. The number of methoxy groups -OCH3 is 1. The molecule has 1 amide bonds. The zero-order chi connectivity index (χ0) is 26.6. The van der Waals surface area contributed by atoms with Gasteiger partial charge in [0.05, 0.1) is 18.2 Å². The first-order valence-corrected chi connectivity index (χ1v) is 12.6. The molecule has 0 fully saturated rings. The normalized spacial score (nSPS) is 13.3. The molecule has 0 aliphatic carbocycles. The minimum Gasteiger partial charge on any atom is -0.383 e. The lowest BCUT2D eigenvalue weighted by atomic mass is 9.98. The Balaban J connectivity index is 2.05. The number of rotatable bonds is 8. The van der Waals surface area contributed by atoms with Gasteiger partial charge in [-0.15, -0.1) is 0 Å². The molecule has 0 saturated carbocycles. The average molecular weight is 521 g/mol. The largest absolute Gasteiger partial charge is 0.416 e. The first-order valence-electron chi connectivity index (χ1n) is 11.1. The lowest BCUT2D eigenvalue weighted by Crippen LogP contribution is -2.31. The second kappa shape index (κ2) is 11.2. The molecule has 1 aromatic heterocycles. The number of pyridine rings is 1. The Hall–Kier alpha value is -3.24. The number of ether oxygens (including phenoxy) is 1. The van der Waals surface area contributed by atoms with Crippen LogP contribution in [0.3, 0.4) is 0 Å². The lowest BCUT2D eigenvalue weighted by molar-refractivity contribution is -0.137. The van der Waals surface area contributed by atoms with Crippen molar-refractivity contribution in [2.24, 2.45) is 0 Å². The van der Waals surface area contributed by atoms with Gasteiger partial charge in [0.1, 0.15) is 5.56 Å². The summed E-state index contributed by atoms with van der Waals surface area (Å²) in [6.45, 7) is 3.81. The second-order valence-electron chi connectivity index (χ2n) is 8.40. The lowest BCUT2D eigenvalue weighted by Gasteiger charge is -2.22. The topological polar surface area (TPSA) is 77.4 Å². The van der Waals surface area contributed by atoms with Crippen molar-refractivity contribution >= 4 is 16.7 Å². The molecule has 3 rings (SSSR count). The molecule has 2 unspecified atom stereocenters. The van der Waals surface area contributed by atoms with E-state index in [4.69, 9.17) is 4.74 Å². The van der Waals surface area contributed by atoms with E-state index in [-0.39, 0.29) is 35.9 Å². The molecule has 36 heavy (non-hydrogen) atoms. The van der Waals surface area contributed by atoms with Gasteiger partial charge in [-0.1, -0.05) is 24.3 Å². The number of hydrogen-bond donors (Lipinski definition) is 1. The van der Waals surface area contributed by atoms with Gasteiger partial charge >= 0.3 is 6.18 Å². The summed E-state index contributed by atoms with van der Waals surface area (Å²) in [6.07, 6.45) is -1.61. The number of carbonyl (C=O) groups is 1. The van der Waals surface area contributed by atoms with E-state index < -0.39 is 33.9 Å². The number of alkyl halides is 3. The highest BCUT2D eigenvalue weighted by Crippen LogP contribution is 2.32. The van der Waals surface area contributed by atoms with Crippen molar-refractivity contribution in [3.05, 3.63) is 87.3 Å².